The molecule has 2 aromatic heterocycles. The van der Waals surface area contributed by atoms with Crippen LogP contribution in [0.3, 0.4) is 0 Å². The van der Waals surface area contributed by atoms with Gasteiger partial charge in [0.2, 0.25) is 0 Å². The summed E-state index contributed by atoms with van der Waals surface area (Å²) in [6.07, 6.45) is 4.33. The maximum absolute atomic E-state index is 13.4. The van der Waals surface area contributed by atoms with Crippen molar-refractivity contribution in [2.24, 2.45) is 0 Å². The van der Waals surface area contributed by atoms with Crippen LogP contribution >= 0.6 is 0 Å². The molecule has 7 nitrogen and oxygen atoms in total. The van der Waals surface area contributed by atoms with E-state index in [1.165, 1.54) is 18.4 Å². The predicted octanol–water partition coefficient (Wildman–Crippen LogP) is 4.87. The molecule has 5 rings (SSSR count). The van der Waals surface area contributed by atoms with Crippen molar-refractivity contribution in [3.05, 3.63) is 70.0 Å². The molecule has 0 N–H and O–H groups in total. The van der Waals surface area contributed by atoms with Crippen molar-refractivity contribution in [3.8, 4) is 5.75 Å². The summed E-state index contributed by atoms with van der Waals surface area (Å²) in [6.45, 7) is 3.71. The third kappa shape index (κ3) is 4.69. The average Bonchev–Trinajstić information content (AvgIpc) is 3.27. The number of hydrogen-bond donors (Lipinski definition) is 0. The van der Waals surface area contributed by atoms with Gasteiger partial charge in [0, 0.05) is 37.1 Å². The SMILES string of the molecule is COCc1coc2cc(OCCCN3CCC(c4noc5cc(F)ccc45)CC3)ccc2c1=O. The van der Waals surface area contributed by atoms with E-state index < -0.39 is 0 Å². The van der Waals surface area contributed by atoms with Gasteiger partial charge in [0.1, 0.15) is 23.4 Å². The zero-order valence-electron chi connectivity index (χ0n) is 19.1. The van der Waals surface area contributed by atoms with E-state index in [-0.39, 0.29) is 17.9 Å². The van der Waals surface area contributed by atoms with Crippen LogP contribution in [0.15, 0.2) is 56.4 Å². The Labute approximate surface area is 196 Å². The fourth-order valence-electron chi connectivity index (χ4n) is 4.63. The molecule has 0 bridgehead atoms. The molecule has 4 aromatic rings. The number of rotatable bonds is 8. The van der Waals surface area contributed by atoms with Crippen LogP contribution in [-0.2, 0) is 11.3 Å². The molecule has 178 valence electrons. The highest BCUT2D eigenvalue weighted by molar-refractivity contribution is 5.80. The van der Waals surface area contributed by atoms with Crippen LogP contribution in [-0.4, -0.2) is 43.4 Å². The van der Waals surface area contributed by atoms with Crippen LogP contribution in [0.5, 0.6) is 5.75 Å². The van der Waals surface area contributed by atoms with Gasteiger partial charge in [-0.3, -0.25) is 4.79 Å². The standard InChI is InChI=1S/C26H27FN2O5/c1-31-15-18-16-33-23-14-20(4-6-22(23)26(18)30)32-12-2-9-29-10-7-17(8-11-29)25-21-5-3-19(27)13-24(21)34-28-25/h3-6,13-14,16-17H,2,7-12,15H2,1H3. The third-order valence-electron chi connectivity index (χ3n) is 6.44. The Balaban J connectivity index is 1.10. The van der Waals surface area contributed by atoms with Gasteiger partial charge in [-0.25, -0.2) is 4.39 Å². The Morgan fingerprint density at radius 3 is 2.76 bits per heavy atom. The third-order valence-corrected chi connectivity index (χ3v) is 6.44. The first-order chi connectivity index (χ1) is 16.6. The number of likely N-dealkylation sites (tertiary alicyclic amines) is 1. The van der Waals surface area contributed by atoms with Crippen LogP contribution in [0.1, 0.15) is 36.4 Å². The predicted molar refractivity (Wildman–Crippen MR) is 126 cm³/mol. The van der Waals surface area contributed by atoms with E-state index in [0.29, 0.717) is 40.4 Å². The van der Waals surface area contributed by atoms with Crippen LogP contribution < -0.4 is 10.2 Å². The molecule has 1 aliphatic heterocycles. The minimum atomic E-state index is -0.309. The van der Waals surface area contributed by atoms with Crippen molar-refractivity contribution in [2.45, 2.75) is 31.8 Å². The van der Waals surface area contributed by atoms with Crippen molar-refractivity contribution < 1.29 is 22.8 Å². The highest BCUT2D eigenvalue weighted by atomic mass is 19.1. The van der Waals surface area contributed by atoms with Gasteiger partial charge < -0.3 is 23.3 Å². The van der Waals surface area contributed by atoms with Gasteiger partial charge in [-0.2, -0.15) is 0 Å². The summed E-state index contributed by atoms with van der Waals surface area (Å²) in [4.78, 5) is 14.9. The molecule has 0 radical (unpaired) electrons. The molecule has 8 heteroatoms. The van der Waals surface area contributed by atoms with Crippen molar-refractivity contribution in [3.63, 3.8) is 0 Å². The van der Waals surface area contributed by atoms with E-state index in [1.807, 2.05) is 0 Å². The molecule has 1 fully saturated rings. The summed E-state index contributed by atoms with van der Waals surface area (Å²) < 4.78 is 35.2. The van der Waals surface area contributed by atoms with Crippen LogP contribution in [0.25, 0.3) is 21.9 Å². The van der Waals surface area contributed by atoms with Crippen molar-refractivity contribution in [2.75, 3.05) is 33.4 Å². The van der Waals surface area contributed by atoms with Gasteiger partial charge in [0.05, 0.1) is 29.9 Å². The molecule has 0 saturated carbocycles. The summed E-state index contributed by atoms with van der Waals surface area (Å²) in [7, 11) is 1.55. The minimum absolute atomic E-state index is 0.0798. The molecule has 3 heterocycles. The Morgan fingerprint density at radius 2 is 1.94 bits per heavy atom. The molecular weight excluding hydrogens is 439 g/mol. The molecule has 0 unspecified atom stereocenters. The van der Waals surface area contributed by atoms with Crippen molar-refractivity contribution in [1.29, 1.82) is 0 Å². The summed E-state index contributed by atoms with van der Waals surface area (Å²) >= 11 is 0. The van der Waals surface area contributed by atoms with Crippen LogP contribution in [0, 0.1) is 5.82 Å². The fourth-order valence-corrected chi connectivity index (χ4v) is 4.63. The zero-order valence-corrected chi connectivity index (χ0v) is 19.1. The maximum Gasteiger partial charge on any atom is 0.198 e. The Hall–Kier alpha value is -3.23. The Kier molecular flexibility index (Phi) is 6.60. The van der Waals surface area contributed by atoms with Crippen LogP contribution in [0.2, 0.25) is 0 Å². The second-order valence-electron chi connectivity index (χ2n) is 8.71. The number of fused-ring (bicyclic) bond motifs is 2. The van der Waals surface area contributed by atoms with E-state index in [2.05, 4.69) is 10.1 Å². The molecule has 1 saturated heterocycles. The molecule has 1 aliphatic rings. The lowest BCUT2D eigenvalue weighted by Crippen LogP contribution is -2.34. The smallest absolute Gasteiger partial charge is 0.198 e. The van der Waals surface area contributed by atoms with Gasteiger partial charge in [-0.05, 0) is 56.6 Å². The van der Waals surface area contributed by atoms with Gasteiger partial charge in [-0.1, -0.05) is 5.16 Å². The van der Waals surface area contributed by atoms with E-state index in [9.17, 15) is 9.18 Å². The van der Waals surface area contributed by atoms with Gasteiger partial charge in [0.15, 0.2) is 11.0 Å². The number of methoxy groups -OCH3 is 1. The minimum Gasteiger partial charge on any atom is -0.493 e. The number of aromatic nitrogens is 1. The quantitative estimate of drug-likeness (QED) is 0.343. The fraction of sp³-hybridized carbons (Fsp3) is 0.385. The van der Waals surface area contributed by atoms with Gasteiger partial charge in [-0.15, -0.1) is 0 Å². The van der Waals surface area contributed by atoms with E-state index in [1.54, 1.807) is 31.4 Å². The largest absolute Gasteiger partial charge is 0.493 e. The summed E-state index contributed by atoms with van der Waals surface area (Å²) in [5, 5.41) is 5.66. The first-order valence-electron chi connectivity index (χ1n) is 11.6. The summed E-state index contributed by atoms with van der Waals surface area (Å²) in [5.74, 6) is 0.704. The number of ether oxygens (including phenoxy) is 2. The number of halogens is 1. The first kappa shape index (κ1) is 22.6. The van der Waals surface area contributed by atoms with E-state index in [0.717, 1.165) is 50.0 Å². The molecule has 0 aliphatic carbocycles. The average molecular weight is 467 g/mol. The van der Waals surface area contributed by atoms with Gasteiger partial charge in [0.25, 0.3) is 0 Å². The number of benzene rings is 2. The molecular formula is C26H27FN2O5. The van der Waals surface area contributed by atoms with Crippen molar-refractivity contribution in [1.82, 2.24) is 10.1 Å². The highest BCUT2D eigenvalue weighted by Crippen LogP contribution is 2.32. The van der Waals surface area contributed by atoms with E-state index >= 15 is 0 Å². The second-order valence-corrected chi connectivity index (χ2v) is 8.71. The Morgan fingerprint density at radius 1 is 1.12 bits per heavy atom. The molecule has 0 spiro atoms. The monoisotopic (exact) mass is 466 g/mol. The molecule has 0 atom stereocenters. The normalized spacial score (nSPS) is 15.4. The number of nitrogens with zero attached hydrogens (tertiary/aromatic N) is 2. The lowest BCUT2D eigenvalue weighted by Gasteiger charge is -2.31. The Bertz CT molecular complexity index is 1340. The molecule has 2 aromatic carbocycles. The molecule has 0 amide bonds. The maximum atomic E-state index is 13.4. The summed E-state index contributed by atoms with van der Waals surface area (Å²) in [5.41, 5.74) is 2.38. The highest BCUT2D eigenvalue weighted by Gasteiger charge is 2.25. The second kappa shape index (κ2) is 9.95. The van der Waals surface area contributed by atoms with Crippen LogP contribution in [0.4, 0.5) is 4.39 Å². The zero-order chi connectivity index (χ0) is 23.5. The first-order valence-corrected chi connectivity index (χ1v) is 11.6. The van der Waals surface area contributed by atoms with E-state index in [4.69, 9.17) is 18.4 Å². The summed E-state index contributed by atoms with van der Waals surface area (Å²) in [6, 6.07) is 9.91. The lowest BCUT2D eigenvalue weighted by atomic mass is 9.91. The van der Waals surface area contributed by atoms with Gasteiger partial charge >= 0.3 is 0 Å². The molecule has 34 heavy (non-hydrogen) atoms. The number of hydrogen-bond acceptors (Lipinski definition) is 7. The topological polar surface area (TPSA) is 77.9 Å². The number of piperidine rings is 1. The lowest BCUT2D eigenvalue weighted by molar-refractivity contribution is 0.182. The van der Waals surface area contributed by atoms with Crippen molar-refractivity contribution >= 4 is 21.9 Å².